The Labute approximate surface area is 171 Å². The number of nitrogens with zero attached hydrogens (tertiary/aromatic N) is 2. The minimum absolute atomic E-state index is 0.0179. The lowest BCUT2D eigenvalue weighted by Gasteiger charge is -2.66. The number of carbonyl (C=O) groups excluding carboxylic acids is 2. The van der Waals surface area contributed by atoms with Gasteiger partial charge in [-0.2, -0.15) is 0 Å². The van der Waals surface area contributed by atoms with E-state index in [0.717, 1.165) is 45.3 Å². The lowest BCUT2D eigenvalue weighted by atomic mass is 9.53. The van der Waals surface area contributed by atoms with Gasteiger partial charge in [-0.1, -0.05) is 20.8 Å². The molecular weight excluding hydrogens is 352 g/mol. The van der Waals surface area contributed by atoms with Crippen molar-refractivity contribution in [3.63, 3.8) is 0 Å². The van der Waals surface area contributed by atoms with E-state index in [4.69, 9.17) is 4.74 Å². The molecule has 1 saturated carbocycles. The molecule has 3 aliphatic rings. The Morgan fingerprint density at radius 3 is 2.14 bits per heavy atom. The molecule has 1 unspecified atom stereocenters. The van der Waals surface area contributed by atoms with Crippen LogP contribution in [0.4, 0.5) is 0 Å². The second-order valence-corrected chi connectivity index (χ2v) is 11.3. The lowest BCUT2D eigenvalue weighted by Crippen LogP contribution is -2.72. The van der Waals surface area contributed by atoms with E-state index >= 15 is 0 Å². The molecule has 160 valence electrons. The summed E-state index contributed by atoms with van der Waals surface area (Å²) in [6, 6.07) is 0. The maximum atomic E-state index is 13.0. The van der Waals surface area contributed by atoms with E-state index in [-0.39, 0.29) is 23.2 Å². The van der Waals surface area contributed by atoms with E-state index in [0.29, 0.717) is 23.9 Å². The van der Waals surface area contributed by atoms with Crippen molar-refractivity contribution in [2.45, 2.75) is 65.8 Å². The molecule has 0 amide bonds. The average Bonchev–Trinajstić information content (AvgIpc) is 2.53. The fraction of sp³-hybridized carbons (Fsp3) is 0.913. The number of carbonyl (C=O) groups is 2. The highest BCUT2D eigenvalue weighted by atomic mass is 16.5. The van der Waals surface area contributed by atoms with Crippen LogP contribution in [0.25, 0.3) is 0 Å². The predicted octanol–water partition coefficient (Wildman–Crippen LogP) is 3.22. The molecule has 0 aromatic heterocycles. The molecule has 5 nitrogen and oxygen atoms in total. The number of hydrogen-bond acceptors (Lipinski definition) is 5. The van der Waals surface area contributed by atoms with Crippen molar-refractivity contribution < 1.29 is 14.3 Å². The van der Waals surface area contributed by atoms with Crippen molar-refractivity contribution in [3.8, 4) is 0 Å². The summed E-state index contributed by atoms with van der Waals surface area (Å²) in [6.45, 7) is 13.7. The number of likely N-dealkylation sites (N-methyl/N-ethyl adjacent to an activating group) is 1. The van der Waals surface area contributed by atoms with Crippen LogP contribution in [0.5, 0.6) is 0 Å². The van der Waals surface area contributed by atoms with E-state index in [1.165, 1.54) is 0 Å². The van der Waals surface area contributed by atoms with Gasteiger partial charge in [-0.05, 0) is 70.9 Å². The zero-order valence-electron chi connectivity index (χ0n) is 19.0. The van der Waals surface area contributed by atoms with Gasteiger partial charge in [0.2, 0.25) is 0 Å². The fourth-order valence-corrected chi connectivity index (χ4v) is 6.48. The molecule has 2 aliphatic heterocycles. The number of hydrogen-bond donors (Lipinski definition) is 0. The van der Waals surface area contributed by atoms with Gasteiger partial charge in [0.1, 0.15) is 12.0 Å². The van der Waals surface area contributed by atoms with Crippen LogP contribution in [-0.2, 0) is 14.3 Å². The van der Waals surface area contributed by atoms with Crippen LogP contribution in [0.3, 0.4) is 0 Å². The lowest BCUT2D eigenvalue weighted by molar-refractivity contribution is -0.187. The fourth-order valence-electron chi connectivity index (χ4n) is 6.48. The van der Waals surface area contributed by atoms with E-state index in [1.54, 1.807) is 13.8 Å². The summed E-state index contributed by atoms with van der Waals surface area (Å²) in [5.74, 6) is 0.575. The van der Waals surface area contributed by atoms with Gasteiger partial charge in [0.15, 0.2) is 5.78 Å². The summed E-state index contributed by atoms with van der Waals surface area (Å²) in [5, 5.41) is 0. The van der Waals surface area contributed by atoms with Gasteiger partial charge in [-0.25, -0.2) is 0 Å². The second kappa shape index (κ2) is 7.39. The summed E-state index contributed by atoms with van der Waals surface area (Å²) in [7, 11) is 4.37. The van der Waals surface area contributed by atoms with Gasteiger partial charge in [-0.15, -0.1) is 0 Å². The van der Waals surface area contributed by atoms with Crippen LogP contribution in [-0.4, -0.2) is 67.4 Å². The van der Waals surface area contributed by atoms with Crippen LogP contribution in [0.1, 0.15) is 60.3 Å². The van der Waals surface area contributed by atoms with E-state index < -0.39 is 5.41 Å². The van der Waals surface area contributed by atoms with E-state index in [2.05, 4.69) is 37.7 Å². The molecule has 0 N–H and O–H groups in total. The first-order chi connectivity index (χ1) is 12.9. The Bertz CT molecular complexity index is 615. The Morgan fingerprint density at radius 1 is 0.964 bits per heavy atom. The topological polar surface area (TPSA) is 49.9 Å². The van der Waals surface area contributed by atoms with E-state index in [9.17, 15) is 9.59 Å². The Morgan fingerprint density at radius 2 is 1.57 bits per heavy atom. The smallest absolute Gasteiger partial charge is 0.319 e. The van der Waals surface area contributed by atoms with Gasteiger partial charge in [0, 0.05) is 25.6 Å². The first-order valence-electron chi connectivity index (χ1n) is 11.0. The highest BCUT2D eigenvalue weighted by Gasteiger charge is 2.61. The first kappa shape index (κ1) is 21.8. The summed E-state index contributed by atoms with van der Waals surface area (Å²) in [5.41, 5.74) is -0.746. The van der Waals surface area contributed by atoms with Gasteiger partial charge in [0.25, 0.3) is 0 Å². The van der Waals surface area contributed by atoms with Crippen LogP contribution in [0, 0.1) is 28.6 Å². The molecule has 3 rings (SSSR count). The second-order valence-electron chi connectivity index (χ2n) is 11.3. The van der Waals surface area contributed by atoms with Crippen LogP contribution < -0.4 is 0 Å². The standard InChI is InChI=1S/C23H40N2O3/c1-16-8-17(2)10-25(7)23(11-22(12-23)13-24(6)14-22)15-28-20(27)21(4,5)19(26)18(3)9-16/h16-18H,8-15H2,1-7H3/t16-,17?,18-/m1/s1. The minimum atomic E-state index is -1.07. The Hall–Kier alpha value is -0.940. The summed E-state index contributed by atoms with van der Waals surface area (Å²) >= 11 is 0. The van der Waals surface area contributed by atoms with Crippen molar-refractivity contribution >= 4 is 11.8 Å². The number of rotatable bonds is 0. The van der Waals surface area contributed by atoms with Crippen molar-refractivity contribution in [2.24, 2.45) is 28.6 Å². The molecule has 3 atom stereocenters. The zero-order valence-corrected chi connectivity index (χ0v) is 19.0. The number of likely N-dealkylation sites (tertiary alicyclic amines) is 1. The van der Waals surface area contributed by atoms with Crippen molar-refractivity contribution in [2.75, 3.05) is 40.3 Å². The van der Waals surface area contributed by atoms with Crippen LogP contribution in [0.15, 0.2) is 0 Å². The maximum absolute atomic E-state index is 13.0. The van der Waals surface area contributed by atoms with Crippen LogP contribution in [0.2, 0.25) is 0 Å². The molecular formula is C23H40N2O3. The molecule has 1 aliphatic carbocycles. The van der Waals surface area contributed by atoms with Crippen LogP contribution >= 0.6 is 0 Å². The number of ether oxygens (including phenoxy) is 1. The molecule has 0 aromatic rings. The number of ketones is 1. The van der Waals surface area contributed by atoms with Gasteiger partial charge < -0.3 is 9.64 Å². The van der Waals surface area contributed by atoms with Gasteiger partial charge >= 0.3 is 5.97 Å². The molecule has 2 saturated heterocycles. The largest absolute Gasteiger partial charge is 0.463 e. The third-order valence-corrected chi connectivity index (χ3v) is 7.62. The third-order valence-electron chi connectivity index (χ3n) is 7.62. The molecule has 0 bridgehead atoms. The third kappa shape index (κ3) is 3.89. The van der Waals surface area contributed by atoms with Crippen molar-refractivity contribution in [1.82, 2.24) is 9.80 Å². The SMILES string of the molecule is CC1C[C@@H](C)C[C@@H](C)C(=O)C(C)(C)C(=O)OCC2(CC3(CN(C)C3)C2)N(C)C1. The normalized spacial score (nSPS) is 36.6. The van der Waals surface area contributed by atoms with Crippen molar-refractivity contribution in [3.05, 3.63) is 0 Å². The molecule has 5 heteroatoms. The zero-order chi connectivity index (χ0) is 20.9. The summed E-state index contributed by atoms with van der Waals surface area (Å²) < 4.78 is 5.85. The summed E-state index contributed by atoms with van der Waals surface area (Å²) in [6.07, 6.45) is 4.12. The molecule has 2 heterocycles. The quantitative estimate of drug-likeness (QED) is 0.468. The van der Waals surface area contributed by atoms with E-state index in [1.807, 2.05) is 6.92 Å². The number of Topliss-reactive ketones (excluding diaryl/α,β-unsaturated/α-hetero) is 1. The maximum Gasteiger partial charge on any atom is 0.319 e. The van der Waals surface area contributed by atoms with Crippen molar-refractivity contribution in [1.29, 1.82) is 0 Å². The minimum Gasteiger partial charge on any atom is -0.463 e. The Balaban J connectivity index is 1.81. The van der Waals surface area contributed by atoms with Gasteiger partial charge in [-0.3, -0.25) is 14.5 Å². The predicted molar refractivity (Wildman–Crippen MR) is 111 cm³/mol. The summed E-state index contributed by atoms with van der Waals surface area (Å²) in [4.78, 5) is 30.7. The van der Waals surface area contributed by atoms with Gasteiger partial charge in [0.05, 0.1) is 5.54 Å². The highest BCUT2D eigenvalue weighted by molar-refractivity contribution is 6.03. The number of cyclic esters (lactones) is 1. The molecule has 0 radical (unpaired) electrons. The monoisotopic (exact) mass is 392 g/mol. The molecule has 28 heavy (non-hydrogen) atoms. The molecule has 0 aromatic carbocycles. The first-order valence-corrected chi connectivity index (χ1v) is 11.0. The Kier molecular flexibility index (Phi) is 5.74. The number of esters is 1. The molecule has 3 fully saturated rings. The highest BCUT2D eigenvalue weighted by Crippen LogP contribution is 2.56. The molecule has 2 spiro atoms. The average molecular weight is 393 g/mol.